The van der Waals surface area contributed by atoms with Crippen LogP contribution in [0.4, 0.5) is 10.1 Å². The van der Waals surface area contributed by atoms with Crippen molar-refractivity contribution in [2.75, 3.05) is 5.32 Å². The van der Waals surface area contributed by atoms with E-state index in [4.69, 9.17) is 5.73 Å². The van der Waals surface area contributed by atoms with E-state index in [9.17, 15) is 4.39 Å². The fourth-order valence-electron chi connectivity index (χ4n) is 1.96. The van der Waals surface area contributed by atoms with Crippen molar-refractivity contribution < 1.29 is 4.39 Å². The molecule has 0 amide bonds. The molecule has 4 heteroatoms. The highest BCUT2D eigenvalue weighted by atomic mass is 19.1. The zero-order valence-corrected chi connectivity index (χ0v) is 12.3. The van der Waals surface area contributed by atoms with Crippen molar-refractivity contribution >= 4 is 11.6 Å². The van der Waals surface area contributed by atoms with E-state index >= 15 is 0 Å². The predicted molar refractivity (Wildman–Crippen MR) is 85.9 cm³/mol. The van der Waals surface area contributed by atoms with Crippen LogP contribution in [0, 0.1) is 5.82 Å². The SMILES string of the molecule is CC(C)c1cccc(NC(N)=NCc2ccccc2F)c1. The molecule has 110 valence electrons. The summed E-state index contributed by atoms with van der Waals surface area (Å²) in [4.78, 5) is 4.17. The van der Waals surface area contributed by atoms with Gasteiger partial charge in [-0.15, -0.1) is 0 Å². The van der Waals surface area contributed by atoms with E-state index in [2.05, 4.69) is 30.2 Å². The first kappa shape index (κ1) is 15.0. The highest BCUT2D eigenvalue weighted by Gasteiger charge is 2.02. The minimum absolute atomic E-state index is 0.218. The van der Waals surface area contributed by atoms with E-state index in [0.29, 0.717) is 11.5 Å². The van der Waals surface area contributed by atoms with Gasteiger partial charge in [0.25, 0.3) is 0 Å². The number of nitrogens with zero attached hydrogens (tertiary/aromatic N) is 1. The minimum Gasteiger partial charge on any atom is -0.370 e. The lowest BCUT2D eigenvalue weighted by molar-refractivity contribution is 0.611. The number of hydrogen-bond donors (Lipinski definition) is 2. The molecule has 21 heavy (non-hydrogen) atoms. The molecule has 3 nitrogen and oxygen atoms in total. The third-order valence-electron chi connectivity index (χ3n) is 3.20. The molecule has 0 aliphatic rings. The lowest BCUT2D eigenvalue weighted by Crippen LogP contribution is -2.22. The molecule has 0 fully saturated rings. The molecule has 0 spiro atoms. The van der Waals surface area contributed by atoms with Gasteiger partial charge in [0, 0.05) is 11.3 Å². The summed E-state index contributed by atoms with van der Waals surface area (Å²) in [6.45, 7) is 4.48. The Bertz CT molecular complexity index is 635. The quantitative estimate of drug-likeness (QED) is 0.661. The lowest BCUT2D eigenvalue weighted by atomic mass is 10.0. The van der Waals surface area contributed by atoms with Gasteiger partial charge in [-0.1, -0.05) is 44.2 Å². The summed E-state index contributed by atoms with van der Waals surface area (Å²) in [5.41, 5.74) is 8.48. The monoisotopic (exact) mass is 285 g/mol. The fraction of sp³-hybridized carbons (Fsp3) is 0.235. The van der Waals surface area contributed by atoms with Gasteiger partial charge in [0.15, 0.2) is 5.96 Å². The molecule has 0 aliphatic carbocycles. The van der Waals surface area contributed by atoms with Gasteiger partial charge in [-0.2, -0.15) is 0 Å². The number of nitrogens with one attached hydrogen (secondary N) is 1. The second-order valence-corrected chi connectivity index (χ2v) is 5.20. The smallest absolute Gasteiger partial charge is 0.193 e. The van der Waals surface area contributed by atoms with Crippen LogP contribution in [0.5, 0.6) is 0 Å². The van der Waals surface area contributed by atoms with E-state index in [-0.39, 0.29) is 18.3 Å². The average molecular weight is 285 g/mol. The Hall–Kier alpha value is -2.36. The van der Waals surface area contributed by atoms with E-state index in [1.165, 1.54) is 11.6 Å². The molecular weight excluding hydrogens is 265 g/mol. The summed E-state index contributed by atoms with van der Waals surface area (Å²) < 4.78 is 13.5. The largest absolute Gasteiger partial charge is 0.370 e. The number of benzene rings is 2. The Labute approximate surface area is 124 Å². The number of rotatable bonds is 4. The third-order valence-corrected chi connectivity index (χ3v) is 3.20. The van der Waals surface area contributed by atoms with Gasteiger partial charge in [0.2, 0.25) is 0 Å². The lowest BCUT2D eigenvalue weighted by Gasteiger charge is -2.10. The summed E-state index contributed by atoms with van der Waals surface area (Å²) in [5, 5.41) is 3.03. The zero-order chi connectivity index (χ0) is 15.2. The van der Waals surface area contributed by atoms with Crippen LogP contribution in [0.25, 0.3) is 0 Å². The molecule has 0 unspecified atom stereocenters. The molecule has 0 heterocycles. The van der Waals surface area contributed by atoms with Gasteiger partial charge < -0.3 is 11.1 Å². The molecular formula is C17H20FN3. The summed E-state index contributed by atoms with van der Waals surface area (Å²) in [6.07, 6.45) is 0. The van der Waals surface area contributed by atoms with Gasteiger partial charge in [0.1, 0.15) is 5.82 Å². The molecule has 0 atom stereocenters. The first-order valence-corrected chi connectivity index (χ1v) is 6.96. The topological polar surface area (TPSA) is 50.4 Å². The molecule has 0 saturated heterocycles. The Kier molecular flexibility index (Phi) is 4.93. The van der Waals surface area contributed by atoms with Crippen molar-refractivity contribution in [1.82, 2.24) is 0 Å². The van der Waals surface area contributed by atoms with Gasteiger partial charge >= 0.3 is 0 Å². The Balaban J connectivity index is 2.04. The second kappa shape index (κ2) is 6.88. The van der Waals surface area contributed by atoms with Gasteiger partial charge in [-0.3, -0.25) is 0 Å². The molecule has 0 bridgehead atoms. The first-order chi connectivity index (χ1) is 10.1. The maximum Gasteiger partial charge on any atom is 0.193 e. The van der Waals surface area contributed by atoms with Gasteiger partial charge in [0.05, 0.1) is 6.54 Å². The van der Waals surface area contributed by atoms with Crippen molar-refractivity contribution in [3.63, 3.8) is 0 Å². The highest BCUT2D eigenvalue weighted by molar-refractivity contribution is 5.92. The Morgan fingerprint density at radius 2 is 1.95 bits per heavy atom. The Morgan fingerprint density at radius 1 is 1.19 bits per heavy atom. The van der Waals surface area contributed by atoms with Crippen molar-refractivity contribution in [3.05, 3.63) is 65.5 Å². The van der Waals surface area contributed by atoms with E-state index in [1.54, 1.807) is 18.2 Å². The molecule has 0 saturated carbocycles. The first-order valence-electron chi connectivity index (χ1n) is 6.96. The molecule has 2 aromatic carbocycles. The average Bonchev–Trinajstić information content (AvgIpc) is 2.46. The van der Waals surface area contributed by atoms with Crippen molar-refractivity contribution in [3.8, 4) is 0 Å². The zero-order valence-electron chi connectivity index (χ0n) is 12.3. The highest BCUT2D eigenvalue weighted by Crippen LogP contribution is 2.18. The number of aliphatic imine (C=N–C) groups is 1. The predicted octanol–water partition coefficient (Wildman–Crippen LogP) is 3.88. The maximum atomic E-state index is 13.5. The fourth-order valence-corrected chi connectivity index (χ4v) is 1.96. The van der Waals surface area contributed by atoms with Crippen LogP contribution in [-0.2, 0) is 6.54 Å². The molecule has 2 aromatic rings. The van der Waals surface area contributed by atoms with Crippen LogP contribution in [0.3, 0.4) is 0 Å². The van der Waals surface area contributed by atoms with Crippen LogP contribution in [-0.4, -0.2) is 5.96 Å². The molecule has 3 N–H and O–H groups in total. The summed E-state index contributed by atoms with van der Waals surface area (Å²) in [5.74, 6) is 0.457. The van der Waals surface area contributed by atoms with E-state index in [1.807, 2.05) is 18.2 Å². The van der Waals surface area contributed by atoms with Crippen LogP contribution < -0.4 is 11.1 Å². The standard InChI is InChI=1S/C17H20FN3/c1-12(2)13-7-5-8-15(10-13)21-17(19)20-11-14-6-3-4-9-16(14)18/h3-10,12H,11H2,1-2H3,(H3,19,20,21). The summed E-state index contributed by atoms with van der Waals surface area (Å²) >= 11 is 0. The summed E-state index contributed by atoms with van der Waals surface area (Å²) in [7, 11) is 0. The van der Waals surface area contributed by atoms with E-state index in [0.717, 1.165) is 5.69 Å². The second-order valence-electron chi connectivity index (χ2n) is 5.20. The number of anilines is 1. The van der Waals surface area contributed by atoms with Gasteiger partial charge in [-0.25, -0.2) is 9.38 Å². The van der Waals surface area contributed by atoms with Crippen molar-refractivity contribution in [2.24, 2.45) is 10.7 Å². The van der Waals surface area contributed by atoms with Crippen LogP contribution in [0.1, 0.15) is 30.9 Å². The molecule has 2 rings (SSSR count). The van der Waals surface area contributed by atoms with Gasteiger partial charge in [-0.05, 0) is 29.7 Å². The number of halogens is 1. The van der Waals surface area contributed by atoms with Crippen LogP contribution >= 0.6 is 0 Å². The van der Waals surface area contributed by atoms with E-state index < -0.39 is 0 Å². The Morgan fingerprint density at radius 3 is 2.67 bits per heavy atom. The molecule has 0 aliphatic heterocycles. The maximum absolute atomic E-state index is 13.5. The normalized spacial score (nSPS) is 11.7. The number of guanidine groups is 1. The van der Waals surface area contributed by atoms with Crippen molar-refractivity contribution in [2.45, 2.75) is 26.3 Å². The molecule has 0 aromatic heterocycles. The van der Waals surface area contributed by atoms with Crippen LogP contribution in [0.2, 0.25) is 0 Å². The number of nitrogens with two attached hydrogens (primary N) is 1. The minimum atomic E-state index is -0.268. The molecule has 0 radical (unpaired) electrons. The van der Waals surface area contributed by atoms with Crippen LogP contribution in [0.15, 0.2) is 53.5 Å². The third kappa shape index (κ3) is 4.31. The number of hydrogen-bond acceptors (Lipinski definition) is 1. The summed E-state index contributed by atoms with van der Waals surface area (Å²) in [6, 6.07) is 14.6. The van der Waals surface area contributed by atoms with Crippen molar-refractivity contribution in [1.29, 1.82) is 0 Å².